The number of hydrogen-bond acceptors (Lipinski definition) is 3. The van der Waals surface area contributed by atoms with E-state index in [9.17, 15) is 9.18 Å². The summed E-state index contributed by atoms with van der Waals surface area (Å²) in [6.07, 6.45) is 4.97. The Hall–Kier alpha value is -2.24. The van der Waals surface area contributed by atoms with Crippen LogP contribution in [0.25, 0.3) is 5.57 Å². The fourth-order valence-electron chi connectivity index (χ4n) is 2.62. The molecule has 0 saturated heterocycles. The molecule has 2 N–H and O–H groups in total. The SMILES string of the molecule is Cc1ccccc1F.Cc1ncc(Cl)cc1C1=CC(C(=O)NO)CC1. The predicted octanol–water partition coefficient (Wildman–Crippen LogP) is 4.48. The van der Waals surface area contributed by atoms with Gasteiger partial charge in [-0.1, -0.05) is 35.9 Å². The molecule has 1 atom stereocenters. The molecule has 0 saturated carbocycles. The highest BCUT2D eigenvalue weighted by Gasteiger charge is 2.23. The molecule has 0 fully saturated rings. The van der Waals surface area contributed by atoms with E-state index in [0.29, 0.717) is 17.0 Å². The number of nitrogens with one attached hydrogen (secondary N) is 1. The summed E-state index contributed by atoms with van der Waals surface area (Å²) in [5.41, 5.74) is 5.31. The van der Waals surface area contributed by atoms with Gasteiger partial charge in [-0.15, -0.1) is 0 Å². The summed E-state index contributed by atoms with van der Waals surface area (Å²) in [5, 5.41) is 9.17. The number of nitrogens with zero attached hydrogens (tertiary/aromatic N) is 1. The number of hydrogen-bond donors (Lipinski definition) is 2. The molecule has 1 aliphatic carbocycles. The number of aryl methyl sites for hydroxylation is 2. The third-order valence-electron chi connectivity index (χ3n) is 4.05. The minimum Gasteiger partial charge on any atom is -0.289 e. The van der Waals surface area contributed by atoms with Crippen LogP contribution < -0.4 is 5.48 Å². The van der Waals surface area contributed by atoms with Crippen molar-refractivity contribution in [3.8, 4) is 0 Å². The molecule has 0 spiro atoms. The van der Waals surface area contributed by atoms with Gasteiger partial charge in [-0.3, -0.25) is 15.0 Å². The topological polar surface area (TPSA) is 62.2 Å². The van der Waals surface area contributed by atoms with E-state index in [0.717, 1.165) is 23.3 Å². The molecule has 25 heavy (non-hydrogen) atoms. The van der Waals surface area contributed by atoms with Crippen LogP contribution in [0.3, 0.4) is 0 Å². The third kappa shape index (κ3) is 5.11. The Morgan fingerprint density at radius 2 is 2.08 bits per heavy atom. The number of carbonyl (C=O) groups is 1. The van der Waals surface area contributed by atoms with Crippen LogP contribution in [0.4, 0.5) is 4.39 Å². The maximum absolute atomic E-state index is 12.3. The molecule has 1 aromatic carbocycles. The van der Waals surface area contributed by atoms with Gasteiger partial charge in [0.05, 0.1) is 10.9 Å². The number of rotatable bonds is 2. The first-order chi connectivity index (χ1) is 11.9. The third-order valence-corrected chi connectivity index (χ3v) is 4.26. The van der Waals surface area contributed by atoms with Crippen molar-refractivity contribution in [3.05, 3.63) is 70.3 Å². The second-order valence-electron chi connectivity index (χ2n) is 5.85. The monoisotopic (exact) mass is 362 g/mol. The van der Waals surface area contributed by atoms with Crippen LogP contribution in [0.15, 0.2) is 42.6 Å². The molecule has 1 aromatic heterocycles. The Kier molecular flexibility index (Phi) is 6.67. The molecule has 1 heterocycles. The van der Waals surface area contributed by atoms with E-state index < -0.39 is 0 Å². The van der Waals surface area contributed by atoms with Crippen molar-refractivity contribution in [2.24, 2.45) is 5.92 Å². The number of benzene rings is 1. The minimum atomic E-state index is -0.368. The van der Waals surface area contributed by atoms with E-state index >= 15 is 0 Å². The van der Waals surface area contributed by atoms with E-state index in [2.05, 4.69) is 4.98 Å². The molecule has 3 rings (SSSR count). The normalized spacial score (nSPS) is 15.9. The van der Waals surface area contributed by atoms with Crippen molar-refractivity contribution in [1.29, 1.82) is 0 Å². The highest BCUT2D eigenvalue weighted by Crippen LogP contribution is 2.33. The van der Waals surface area contributed by atoms with Crippen LogP contribution in [0.2, 0.25) is 5.02 Å². The van der Waals surface area contributed by atoms with Crippen molar-refractivity contribution >= 4 is 23.1 Å². The van der Waals surface area contributed by atoms with Crippen LogP contribution in [0, 0.1) is 25.6 Å². The summed E-state index contributed by atoms with van der Waals surface area (Å²) in [6, 6.07) is 8.56. The van der Waals surface area contributed by atoms with Crippen LogP contribution in [-0.4, -0.2) is 16.1 Å². The van der Waals surface area contributed by atoms with Gasteiger partial charge < -0.3 is 0 Å². The first kappa shape index (κ1) is 19.1. The second-order valence-corrected chi connectivity index (χ2v) is 6.29. The van der Waals surface area contributed by atoms with Crippen LogP contribution in [-0.2, 0) is 4.79 Å². The summed E-state index contributed by atoms with van der Waals surface area (Å²) in [4.78, 5) is 15.5. The maximum Gasteiger partial charge on any atom is 0.250 e. The standard InChI is InChI=1S/C12H13ClN2O2.C7H7F/c1-7-11(5-10(13)6-14-7)8-2-3-9(4-8)12(16)15-17;1-6-4-2-3-5-7(6)8/h4-6,9,17H,2-3H2,1H3,(H,15,16);2-5H,1H3. The van der Waals surface area contributed by atoms with Gasteiger partial charge in [0.2, 0.25) is 5.91 Å². The Bertz CT molecular complexity index is 772. The van der Waals surface area contributed by atoms with E-state index in [1.54, 1.807) is 30.7 Å². The van der Waals surface area contributed by atoms with Crippen molar-refractivity contribution in [3.63, 3.8) is 0 Å². The quantitative estimate of drug-likeness (QED) is 0.611. The van der Waals surface area contributed by atoms with E-state index in [1.807, 2.05) is 25.1 Å². The predicted molar refractivity (Wildman–Crippen MR) is 95.8 cm³/mol. The molecule has 1 aliphatic rings. The lowest BCUT2D eigenvalue weighted by atomic mass is 10.0. The fourth-order valence-corrected chi connectivity index (χ4v) is 2.78. The van der Waals surface area contributed by atoms with E-state index in [-0.39, 0.29) is 17.6 Å². The lowest BCUT2D eigenvalue weighted by Crippen LogP contribution is -2.25. The highest BCUT2D eigenvalue weighted by molar-refractivity contribution is 6.30. The van der Waals surface area contributed by atoms with E-state index in [1.165, 1.54) is 6.07 Å². The number of aromatic nitrogens is 1. The first-order valence-electron chi connectivity index (χ1n) is 7.90. The van der Waals surface area contributed by atoms with Crippen molar-refractivity contribution in [2.75, 3.05) is 0 Å². The Balaban J connectivity index is 0.000000236. The smallest absolute Gasteiger partial charge is 0.250 e. The molecule has 6 heteroatoms. The molecular formula is C19H20ClFN2O2. The van der Waals surface area contributed by atoms with Crippen molar-refractivity contribution in [2.45, 2.75) is 26.7 Å². The molecule has 4 nitrogen and oxygen atoms in total. The average Bonchev–Trinajstić information content (AvgIpc) is 3.09. The van der Waals surface area contributed by atoms with Gasteiger partial charge in [0.25, 0.3) is 0 Å². The zero-order valence-electron chi connectivity index (χ0n) is 14.1. The molecule has 0 radical (unpaired) electrons. The summed E-state index contributed by atoms with van der Waals surface area (Å²) in [5.74, 6) is -0.770. The largest absolute Gasteiger partial charge is 0.289 e. The average molecular weight is 363 g/mol. The van der Waals surface area contributed by atoms with Gasteiger partial charge in [0, 0.05) is 17.5 Å². The summed E-state index contributed by atoms with van der Waals surface area (Å²) in [7, 11) is 0. The number of carbonyl (C=O) groups excluding carboxylic acids is 1. The molecule has 2 aromatic rings. The Morgan fingerprint density at radius 3 is 2.68 bits per heavy atom. The van der Waals surface area contributed by atoms with Gasteiger partial charge in [0.1, 0.15) is 5.82 Å². The number of allylic oxidation sites excluding steroid dienone is 1. The molecule has 0 bridgehead atoms. The Morgan fingerprint density at radius 1 is 1.36 bits per heavy atom. The van der Waals surface area contributed by atoms with Gasteiger partial charge in [-0.25, -0.2) is 9.87 Å². The number of pyridine rings is 1. The fraction of sp³-hybridized carbons (Fsp3) is 0.263. The second kappa shape index (κ2) is 8.74. The molecule has 132 valence electrons. The molecule has 1 amide bonds. The zero-order valence-corrected chi connectivity index (χ0v) is 14.8. The summed E-state index contributed by atoms with van der Waals surface area (Å²) < 4.78 is 12.3. The Labute approximate surface area is 151 Å². The van der Waals surface area contributed by atoms with Crippen molar-refractivity contribution < 1.29 is 14.4 Å². The van der Waals surface area contributed by atoms with E-state index in [4.69, 9.17) is 16.8 Å². The lowest BCUT2D eigenvalue weighted by Gasteiger charge is -2.05. The lowest BCUT2D eigenvalue weighted by molar-refractivity contribution is -0.131. The zero-order chi connectivity index (χ0) is 18.4. The van der Waals surface area contributed by atoms with Crippen molar-refractivity contribution in [1.82, 2.24) is 10.5 Å². The number of amides is 1. The van der Waals surface area contributed by atoms with Crippen LogP contribution in [0.5, 0.6) is 0 Å². The number of halogens is 2. The first-order valence-corrected chi connectivity index (χ1v) is 8.28. The van der Waals surface area contributed by atoms with Gasteiger partial charge in [-0.05, 0) is 50.0 Å². The molecular weight excluding hydrogens is 343 g/mol. The molecule has 1 unspecified atom stereocenters. The molecule has 0 aliphatic heterocycles. The van der Waals surface area contributed by atoms with Gasteiger partial charge >= 0.3 is 0 Å². The maximum atomic E-state index is 12.3. The number of hydroxylamine groups is 1. The summed E-state index contributed by atoms with van der Waals surface area (Å²) >= 11 is 5.91. The van der Waals surface area contributed by atoms with Crippen LogP contribution >= 0.6 is 11.6 Å². The summed E-state index contributed by atoms with van der Waals surface area (Å²) in [6.45, 7) is 3.65. The van der Waals surface area contributed by atoms with Gasteiger partial charge in [0.15, 0.2) is 0 Å². The highest BCUT2D eigenvalue weighted by atomic mass is 35.5. The van der Waals surface area contributed by atoms with Crippen LogP contribution in [0.1, 0.15) is 29.7 Å². The van der Waals surface area contributed by atoms with Gasteiger partial charge in [-0.2, -0.15) is 0 Å². The minimum absolute atomic E-state index is 0.132.